The van der Waals surface area contributed by atoms with Crippen LogP contribution in [0.5, 0.6) is 5.75 Å². The molecule has 0 aliphatic carbocycles. The predicted molar refractivity (Wildman–Crippen MR) is 98.5 cm³/mol. The first kappa shape index (κ1) is 19.2. The van der Waals surface area contributed by atoms with E-state index in [9.17, 15) is 14.0 Å². The number of amides is 2. The van der Waals surface area contributed by atoms with E-state index in [2.05, 4.69) is 17.2 Å². The number of hydrogen-bond donors (Lipinski definition) is 2. The molecule has 0 spiro atoms. The molecule has 0 fully saturated rings. The third kappa shape index (κ3) is 4.92. The van der Waals surface area contributed by atoms with Gasteiger partial charge in [0, 0.05) is 5.69 Å². The van der Waals surface area contributed by atoms with Crippen molar-refractivity contribution in [1.29, 1.82) is 0 Å². The van der Waals surface area contributed by atoms with Crippen LogP contribution in [0.1, 0.15) is 24.1 Å². The van der Waals surface area contributed by atoms with Crippen LogP contribution in [0.4, 0.5) is 10.1 Å². The molecule has 0 heterocycles. The van der Waals surface area contributed by atoms with E-state index >= 15 is 0 Å². The number of carbonyl (C=O) groups excluding carboxylic acids is 2. The molecule has 0 saturated heterocycles. The SMILES string of the molecule is C=CC(=O)Nc1ccccc1CC(=O)NC(C)c1ccc(OC)c(F)c1. The molecule has 2 aromatic rings. The molecule has 0 saturated carbocycles. The van der Waals surface area contributed by atoms with Crippen molar-refractivity contribution in [2.75, 3.05) is 12.4 Å². The molecule has 136 valence electrons. The zero-order chi connectivity index (χ0) is 19.1. The van der Waals surface area contributed by atoms with Crippen molar-refractivity contribution in [3.63, 3.8) is 0 Å². The van der Waals surface area contributed by atoms with Gasteiger partial charge in [0.25, 0.3) is 0 Å². The Morgan fingerprint density at radius 3 is 2.65 bits per heavy atom. The highest BCUT2D eigenvalue weighted by molar-refractivity contribution is 5.99. The fraction of sp³-hybridized carbons (Fsp3) is 0.200. The number of ether oxygens (including phenoxy) is 1. The Morgan fingerprint density at radius 1 is 1.27 bits per heavy atom. The number of carbonyl (C=O) groups is 2. The lowest BCUT2D eigenvalue weighted by atomic mass is 10.1. The van der Waals surface area contributed by atoms with E-state index in [0.717, 1.165) is 6.08 Å². The molecule has 2 amide bonds. The average molecular weight is 356 g/mol. The van der Waals surface area contributed by atoms with Crippen LogP contribution in [0.2, 0.25) is 0 Å². The third-order valence-corrected chi connectivity index (χ3v) is 3.86. The molecule has 0 radical (unpaired) electrons. The monoisotopic (exact) mass is 356 g/mol. The predicted octanol–water partition coefficient (Wildman–Crippen LogP) is 3.38. The number of hydrogen-bond acceptors (Lipinski definition) is 3. The Hall–Kier alpha value is -3.15. The van der Waals surface area contributed by atoms with E-state index in [0.29, 0.717) is 16.8 Å². The van der Waals surface area contributed by atoms with E-state index in [4.69, 9.17) is 4.74 Å². The average Bonchev–Trinajstić information content (AvgIpc) is 2.63. The first-order valence-corrected chi connectivity index (χ1v) is 8.08. The number of benzene rings is 2. The molecule has 6 heteroatoms. The van der Waals surface area contributed by atoms with Crippen LogP contribution >= 0.6 is 0 Å². The van der Waals surface area contributed by atoms with Crippen molar-refractivity contribution in [1.82, 2.24) is 5.32 Å². The van der Waals surface area contributed by atoms with Crippen LogP contribution in [-0.2, 0) is 16.0 Å². The van der Waals surface area contributed by atoms with Gasteiger partial charge in [0.15, 0.2) is 11.6 Å². The molecule has 0 aliphatic heterocycles. The largest absolute Gasteiger partial charge is 0.494 e. The fourth-order valence-corrected chi connectivity index (χ4v) is 2.48. The van der Waals surface area contributed by atoms with Gasteiger partial charge in [-0.2, -0.15) is 0 Å². The topological polar surface area (TPSA) is 67.4 Å². The molecule has 26 heavy (non-hydrogen) atoms. The minimum absolute atomic E-state index is 0.0799. The number of para-hydroxylation sites is 1. The summed E-state index contributed by atoms with van der Waals surface area (Å²) in [6.45, 7) is 5.18. The highest BCUT2D eigenvalue weighted by Gasteiger charge is 2.14. The maximum absolute atomic E-state index is 13.8. The Morgan fingerprint density at radius 2 is 2.00 bits per heavy atom. The highest BCUT2D eigenvalue weighted by atomic mass is 19.1. The van der Waals surface area contributed by atoms with Crippen molar-refractivity contribution in [2.24, 2.45) is 0 Å². The third-order valence-electron chi connectivity index (χ3n) is 3.86. The standard InChI is InChI=1S/C20H21FN2O3/c1-4-19(24)23-17-8-6-5-7-15(17)12-20(25)22-13(2)14-9-10-18(26-3)16(21)11-14/h4-11,13H,1,12H2,2-3H3,(H,22,25)(H,23,24). The van der Waals surface area contributed by atoms with Crippen LogP contribution in [-0.4, -0.2) is 18.9 Å². The molecule has 0 aromatic heterocycles. The van der Waals surface area contributed by atoms with Crippen molar-refractivity contribution >= 4 is 17.5 Å². The number of rotatable bonds is 7. The molecule has 0 aliphatic rings. The van der Waals surface area contributed by atoms with Gasteiger partial charge in [-0.3, -0.25) is 9.59 Å². The summed E-state index contributed by atoms with van der Waals surface area (Å²) in [6, 6.07) is 11.2. The van der Waals surface area contributed by atoms with Gasteiger partial charge in [0.2, 0.25) is 11.8 Å². The summed E-state index contributed by atoms with van der Waals surface area (Å²) in [5.41, 5.74) is 1.86. The van der Waals surface area contributed by atoms with Gasteiger partial charge in [0.05, 0.1) is 19.6 Å². The summed E-state index contributed by atoms with van der Waals surface area (Å²) in [7, 11) is 1.39. The summed E-state index contributed by atoms with van der Waals surface area (Å²) in [5.74, 6) is -0.920. The fourth-order valence-electron chi connectivity index (χ4n) is 2.48. The van der Waals surface area contributed by atoms with Crippen molar-refractivity contribution in [3.8, 4) is 5.75 Å². The normalized spacial score (nSPS) is 11.3. The minimum Gasteiger partial charge on any atom is -0.494 e. The Kier molecular flexibility index (Phi) is 6.49. The van der Waals surface area contributed by atoms with Gasteiger partial charge in [-0.25, -0.2) is 4.39 Å². The minimum atomic E-state index is -0.483. The molecule has 5 nitrogen and oxygen atoms in total. The molecule has 2 N–H and O–H groups in total. The van der Waals surface area contributed by atoms with E-state index in [-0.39, 0.29) is 30.0 Å². The first-order valence-electron chi connectivity index (χ1n) is 8.08. The Balaban J connectivity index is 2.05. The quantitative estimate of drug-likeness (QED) is 0.748. The van der Waals surface area contributed by atoms with Gasteiger partial charge in [-0.1, -0.05) is 30.8 Å². The lowest BCUT2D eigenvalue weighted by Crippen LogP contribution is -2.28. The van der Waals surface area contributed by atoms with Crippen molar-refractivity contribution < 1.29 is 18.7 Å². The molecule has 0 bridgehead atoms. The van der Waals surface area contributed by atoms with Gasteiger partial charge in [0.1, 0.15) is 0 Å². The lowest BCUT2D eigenvalue weighted by Gasteiger charge is -2.16. The van der Waals surface area contributed by atoms with E-state index in [1.54, 1.807) is 37.3 Å². The van der Waals surface area contributed by atoms with E-state index < -0.39 is 5.82 Å². The maximum Gasteiger partial charge on any atom is 0.247 e. The number of methoxy groups -OCH3 is 1. The maximum atomic E-state index is 13.8. The summed E-state index contributed by atoms with van der Waals surface area (Å²) in [4.78, 5) is 23.8. The molecule has 1 atom stereocenters. The molecular formula is C20H21FN2O3. The van der Waals surface area contributed by atoms with Gasteiger partial charge in [-0.05, 0) is 42.3 Å². The first-order chi connectivity index (χ1) is 12.4. The number of nitrogens with one attached hydrogen (secondary N) is 2. The summed E-state index contributed by atoms with van der Waals surface area (Å²) in [6.07, 6.45) is 1.24. The summed E-state index contributed by atoms with van der Waals surface area (Å²) >= 11 is 0. The second-order valence-electron chi connectivity index (χ2n) is 5.71. The van der Waals surface area contributed by atoms with Crippen LogP contribution < -0.4 is 15.4 Å². The van der Waals surface area contributed by atoms with Crippen LogP contribution in [0.15, 0.2) is 55.1 Å². The van der Waals surface area contributed by atoms with Gasteiger partial charge < -0.3 is 15.4 Å². The zero-order valence-electron chi connectivity index (χ0n) is 14.7. The summed E-state index contributed by atoms with van der Waals surface area (Å²) in [5, 5.41) is 5.49. The number of anilines is 1. The van der Waals surface area contributed by atoms with Crippen molar-refractivity contribution in [2.45, 2.75) is 19.4 Å². The Bertz CT molecular complexity index is 820. The van der Waals surface area contributed by atoms with E-state index in [1.807, 2.05) is 0 Å². The molecular weight excluding hydrogens is 335 g/mol. The van der Waals surface area contributed by atoms with E-state index in [1.165, 1.54) is 19.2 Å². The zero-order valence-corrected chi connectivity index (χ0v) is 14.7. The number of halogens is 1. The van der Waals surface area contributed by atoms with Gasteiger partial charge >= 0.3 is 0 Å². The Labute approximate surface area is 151 Å². The van der Waals surface area contributed by atoms with Crippen LogP contribution in [0, 0.1) is 5.82 Å². The molecule has 2 rings (SSSR count). The second-order valence-corrected chi connectivity index (χ2v) is 5.71. The summed E-state index contributed by atoms with van der Waals surface area (Å²) < 4.78 is 18.7. The van der Waals surface area contributed by atoms with Gasteiger partial charge in [-0.15, -0.1) is 0 Å². The second kappa shape index (κ2) is 8.80. The smallest absolute Gasteiger partial charge is 0.247 e. The van der Waals surface area contributed by atoms with Crippen LogP contribution in [0.3, 0.4) is 0 Å². The van der Waals surface area contributed by atoms with Crippen molar-refractivity contribution in [3.05, 3.63) is 72.1 Å². The molecule has 2 aromatic carbocycles. The lowest BCUT2D eigenvalue weighted by molar-refractivity contribution is -0.121. The highest BCUT2D eigenvalue weighted by Crippen LogP contribution is 2.22. The molecule has 1 unspecified atom stereocenters. The van der Waals surface area contributed by atoms with Crippen LogP contribution in [0.25, 0.3) is 0 Å².